The molecule has 5 atom stereocenters. The number of aliphatic hydroxyl groups is 1. The third-order valence-corrected chi connectivity index (χ3v) is 17.5. The highest BCUT2D eigenvalue weighted by molar-refractivity contribution is 6.74. The third kappa shape index (κ3) is 6.40. The van der Waals surface area contributed by atoms with E-state index in [9.17, 15) is 9.90 Å². The third-order valence-electron chi connectivity index (χ3n) is 13.1. The Morgan fingerprint density at radius 1 is 1.14 bits per heavy atom. The molecule has 2 heterocycles. The Kier molecular flexibility index (Phi) is 10.4. The van der Waals surface area contributed by atoms with Crippen molar-refractivity contribution in [1.29, 1.82) is 0 Å². The summed E-state index contributed by atoms with van der Waals surface area (Å²) in [5.74, 6) is -1.70. The molecule has 3 aliphatic carbocycles. The van der Waals surface area contributed by atoms with E-state index >= 15 is 9.59 Å². The Labute approximate surface area is 330 Å². The number of aromatic nitrogens is 1. The van der Waals surface area contributed by atoms with Crippen LogP contribution in [0.3, 0.4) is 0 Å². The van der Waals surface area contributed by atoms with Gasteiger partial charge in [-0.3, -0.25) is 24.2 Å². The van der Waals surface area contributed by atoms with E-state index in [2.05, 4.69) is 36.1 Å². The predicted octanol–water partition coefficient (Wildman–Crippen LogP) is 7.44. The molecule has 0 saturated carbocycles. The molecule has 0 spiro atoms. The molecule has 1 fully saturated rings. The van der Waals surface area contributed by atoms with E-state index < -0.39 is 43.4 Å². The molecule has 0 bridgehead atoms. The molecule has 1 saturated heterocycles. The summed E-state index contributed by atoms with van der Waals surface area (Å²) in [6.07, 6.45) is 3.46. The van der Waals surface area contributed by atoms with E-state index in [1.165, 1.54) is 0 Å². The van der Waals surface area contributed by atoms with Crippen LogP contribution in [0.15, 0.2) is 52.3 Å². The summed E-state index contributed by atoms with van der Waals surface area (Å²) in [5, 5.41) is 20.0. The summed E-state index contributed by atoms with van der Waals surface area (Å²) < 4.78 is 25.4. The molecule has 300 valence electrons. The molecule has 1 aliphatic heterocycles. The number of hydrogen-bond acceptors (Lipinski definition) is 11. The Bertz CT molecular complexity index is 2090. The van der Waals surface area contributed by atoms with E-state index in [0.717, 1.165) is 31.4 Å². The van der Waals surface area contributed by atoms with Gasteiger partial charge in [-0.05, 0) is 101 Å². The second-order valence-electron chi connectivity index (χ2n) is 17.8. The summed E-state index contributed by atoms with van der Waals surface area (Å²) in [7, 11) is 4.43. The predicted molar refractivity (Wildman–Crippen MR) is 215 cm³/mol. The number of rotatable bonds is 9. The number of anilines is 1. The molecule has 0 radical (unpaired) electrons. The van der Waals surface area contributed by atoms with Gasteiger partial charge in [-0.1, -0.05) is 57.5 Å². The molecule has 13 heteroatoms. The minimum Gasteiger partial charge on any atom is -0.508 e. The summed E-state index contributed by atoms with van der Waals surface area (Å²) in [6, 6.07) is 10.5. The number of ether oxygens (including phenoxy) is 2. The number of hydrogen-bond donors (Lipinski definition) is 2. The number of ketones is 2. The van der Waals surface area contributed by atoms with Gasteiger partial charge in [0.25, 0.3) is 5.88 Å². The molecule has 2 N–H and O–H groups in total. The second-order valence-corrected chi connectivity index (χ2v) is 22.5. The lowest BCUT2D eigenvalue weighted by atomic mass is 9.58. The SMILES string of the molecule is COc1cc(NC(=O)C2CCCCN2C)c(C)c2c1C[C@H]1C[C@H]3[C@H](N(C)C)c4onc(OCc5ccccc5)c4C(=O)[C@@]3(O[Si](C)(C)C(C)(C)C)C(O)=C1C2=O. The summed E-state index contributed by atoms with van der Waals surface area (Å²) in [5.41, 5.74) is 1.35. The van der Waals surface area contributed by atoms with Crippen LogP contribution in [0.25, 0.3) is 0 Å². The van der Waals surface area contributed by atoms with Crippen molar-refractivity contribution in [1.82, 2.24) is 15.0 Å². The van der Waals surface area contributed by atoms with Gasteiger partial charge in [0.2, 0.25) is 11.7 Å². The Hall–Kier alpha value is -4.30. The minimum atomic E-state index is -2.88. The average Bonchev–Trinajstić information content (AvgIpc) is 3.56. The molecule has 3 aromatic rings. The topological polar surface area (TPSA) is 144 Å². The van der Waals surface area contributed by atoms with Crippen LogP contribution in [0.2, 0.25) is 18.1 Å². The van der Waals surface area contributed by atoms with Crippen molar-refractivity contribution in [2.45, 2.75) is 102 Å². The number of allylic oxidation sites excluding steroid dienone is 1. The number of benzene rings is 2. The maximum atomic E-state index is 15.5. The van der Waals surface area contributed by atoms with Crippen LogP contribution in [-0.4, -0.2) is 92.3 Å². The second kappa shape index (κ2) is 14.6. The van der Waals surface area contributed by atoms with Crippen molar-refractivity contribution in [2.75, 3.05) is 40.1 Å². The number of likely N-dealkylation sites (tertiary alicyclic amines) is 1. The molecule has 4 aliphatic rings. The number of carbonyl (C=O) groups is 3. The van der Waals surface area contributed by atoms with E-state index in [1.807, 2.05) is 76.4 Å². The molecule has 1 amide bonds. The van der Waals surface area contributed by atoms with Crippen molar-refractivity contribution in [3.8, 4) is 11.6 Å². The van der Waals surface area contributed by atoms with Gasteiger partial charge in [-0.15, -0.1) is 0 Å². The van der Waals surface area contributed by atoms with Gasteiger partial charge < -0.3 is 28.8 Å². The number of nitrogens with zero attached hydrogens (tertiary/aromatic N) is 3. The highest BCUT2D eigenvalue weighted by Gasteiger charge is 2.67. The zero-order chi connectivity index (χ0) is 40.5. The van der Waals surface area contributed by atoms with Crippen LogP contribution in [0.5, 0.6) is 11.6 Å². The highest BCUT2D eigenvalue weighted by atomic mass is 28.4. The lowest BCUT2D eigenvalue weighted by Gasteiger charge is -2.55. The number of nitrogens with one attached hydrogen (secondary N) is 1. The van der Waals surface area contributed by atoms with Gasteiger partial charge in [-0.2, -0.15) is 0 Å². The fraction of sp³-hybridized carbons (Fsp3) is 0.535. The number of likely N-dealkylation sites (N-methyl/N-ethyl adjacent to an activating group) is 1. The Morgan fingerprint density at radius 2 is 1.86 bits per heavy atom. The van der Waals surface area contributed by atoms with E-state index in [1.54, 1.807) is 13.2 Å². The van der Waals surface area contributed by atoms with Gasteiger partial charge in [0.1, 0.15) is 23.7 Å². The Morgan fingerprint density at radius 3 is 2.50 bits per heavy atom. The zero-order valence-corrected chi connectivity index (χ0v) is 35.4. The first-order valence-electron chi connectivity index (χ1n) is 19.7. The number of amides is 1. The van der Waals surface area contributed by atoms with Gasteiger partial charge in [0.15, 0.2) is 25.5 Å². The van der Waals surface area contributed by atoms with E-state index in [4.69, 9.17) is 18.4 Å². The smallest absolute Gasteiger partial charge is 0.265 e. The molecule has 1 unspecified atom stereocenters. The van der Waals surface area contributed by atoms with Gasteiger partial charge >= 0.3 is 0 Å². The lowest BCUT2D eigenvalue weighted by molar-refractivity contribution is -0.121. The molecule has 12 nitrogen and oxygen atoms in total. The molecular formula is C43H56N4O8Si. The fourth-order valence-corrected chi connectivity index (χ4v) is 10.6. The molecule has 1 aromatic heterocycles. The van der Waals surface area contributed by atoms with Crippen LogP contribution in [0, 0.1) is 18.8 Å². The maximum Gasteiger partial charge on any atom is 0.265 e. The number of fused-ring (bicyclic) bond motifs is 4. The van der Waals surface area contributed by atoms with Gasteiger partial charge in [0, 0.05) is 34.4 Å². The number of carbonyl (C=O) groups excluding carboxylic acids is 3. The van der Waals surface area contributed by atoms with E-state index in [-0.39, 0.29) is 46.4 Å². The van der Waals surface area contributed by atoms with Gasteiger partial charge in [0.05, 0.1) is 19.2 Å². The van der Waals surface area contributed by atoms with Crippen molar-refractivity contribution in [3.05, 3.63) is 81.3 Å². The van der Waals surface area contributed by atoms with Crippen LogP contribution in [0.4, 0.5) is 5.69 Å². The number of piperidine rings is 1. The fourth-order valence-electron chi connectivity index (χ4n) is 9.11. The average molecular weight is 785 g/mol. The molecular weight excluding hydrogens is 729 g/mol. The molecule has 2 aromatic carbocycles. The largest absolute Gasteiger partial charge is 0.508 e. The van der Waals surface area contributed by atoms with Crippen molar-refractivity contribution < 1.29 is 37.9 Å². The summed E-state index contributed by atoms with van der Waals surface area (Å²) in [6.45, 7) is 13.1. The van der Waals surface area contributed by atoms with Crippen LogP contribution in [-0.2, 0) is 22.2 Å². The van der Waals surface area contributed by atoms with Crippen molar-refractivity contribution in [3.63, 3.8) is 0 Å². The lowest BCUT2D eigenvalue weighted by Crippen LogP contribution is -2.65. The number of Topliss-reactive ketones (excluding diaryl/α,β-unsaturated/α-hetero) is 2. The quantitative estimate of drug-likeness (QED) is 0.209. The first-order chi connectivity index (χ1) is 26.4. The van der Waals surface area contributed by atoms with Crippen molar-refractivity contribution in [2.24, 2.45) is 11.8 Å². The molecule has 56 heavy (non-hydrogen) atoms. The van der Waals surface area contributed by atoms with Crippen LogP contribution >= 0.6 is 0 Å². The van der Waals surface area contributed by atoms with Gasteiger partial charge in [-0.25, -0.2) is 0 Å². The normalized spacial score (nSPS) is 25.3. The summed E-state index contributed by atoms with van der Waals surface area (Å²) in [4.78, 5) is 48.3. The maximum absolute atomic E-state index is 15.5. The minimum absolute atomic E-state index is 0.0159. The van der Waals surface area contributed by atoms with E-state index in [0.29, 0.717) is 46.7 Å². The standard InChI is InChI=1S/C43H56N4O8Si/c1-24-29(44-40(51)30-18-14-15-19-47(30)7)22-31(52-8)27-20-26-21-28-35(46(5)6)37-34(41(45-54-37)53-23-25-16-12-11-13-17-25)39(50)43(28,55-56(9,10)42(2,3)4)38(49)33(26)36(48)32(24)27/h11-13,16-17,22,26,28,30,35,49H,14-15,18-21,23H2,1-10H3,(H,44,51)/t26-,28-,30?,35-,43-/m0/s1. The van der Waals surface area contributed by atoms with Crippen molar-refractivity contribution >= 4 is 31.5 Å². The monoisotopic (exact) mass is 784 g/mol. The summed E-state index contributed by atoms with van der Waals surface area (Å²) >= 11 is 0. The highest BCUT2D eigenvalue weighted by Crippen LogP contribution is 2.60. The first kappa shape index (κ1) is 39.9. The first-order valence-corrected chi connectivity index (χ1v) is 22.6. The van der Waals surface area contributed by atoms with Crippen LogP contribution < -0.4 is 14.8 Å². The molecule has 7 rings (SSSR count). The number of methoxy groups -OCH3 is 1. The van der Waals surface area contributed by atoms with Crippen LogP contribution in [0.1, 0.15) is 95.7 Å². The zero-order valence-electron chi connectivity index (χ0n) is 34.4. The Balaban J connectivity index is 1.39. The number of aliphatic hydroxyl groups excluding tert-OH is 1.